The molecule has 0 aliphatic rings. The zero-order chi connectivity index (χ0) is 17.4. The number of carbonyl (C=O) groups excluding carboxylic acids is 3. The van der Waals surface area contributed by atoms with E-state index in [0.29, 0.717) is 10.2 Å². The fraction of sp³-hybridized carbons (Fsp3) is 0.400. The van der Waals surface area contributed by atoms with Crippen LogP contribution in [0.1, 0.15) is 13.8 Å². The molecule has 7 nitrogen and oxygen atoms in total. The minimum atomic E-state index is -1.74. The van der Waals surface area contributed by atoms with Gasteiger partial charge in [0.25, 0.3) is 11.9 Å². The summed E-state index contributed by atoms with van der Waals surface area (Å²) < 4.78 is 20.5. The van der Waals surface area contributed by atoms with E-state index in [-0.39, 0.29) is 19.0 Å². The fourth-order valence-corrected chi connectivity index (χ4v) is 1.99. The van der Waals surface area contributed by atoms with Crippen LogP contribution in [0.2, 0.25) is 0 Å². The summed E-state index contributed by atoms with van der Waals surface area (Å²) in [6.45, 7) is 3.17. The first-order chi connectivity index (χ1) is 10.9. The monoisotopic (exact) mass is 388 g/mol. The molecule has 0 N–H and O–H groups in total. The number of ether oxygens (including phenoxy) is 4. The van der Waals surface area contributed by atoms with Crippen LogP contribution in [0.5, 0.6) is 11.5 Å². The molecule has 0 saturated heterocycles. The van der Waals surface area contributed by atoms with E-state index in [1.807, 2.05) is 0 Å². The van der Waals surface area contributed by atoms with Crippen molar-refractivity contribution in [3.63, 3.8) is 0 Å². The molecule has 0 spiro atoms. The van der Waals surface area contributed by atoms with E-state index < -0.39 is 23.8 Å². The first-order valence-electron chi connectivity index (χ1n) is 6.82. The van der Waals surface area contributed by atoms with E-state index in [4.69, 9.17) is 14.2 Å². The molecule has 0 bridgehead atoms. The summed E-state index contributed by atoms with van der Waals surface area (Å²) in [7, 11) is 1.45. The molecule has 0 amide bonds. The number of benzene rings is 1. The number of hydrogen-bond acceptors (Lipinski definition) is 7. The van der Waals surface area contributed by atoms with Gasteiger partial charge in [0.15, 0.2) is 0 Å². The third-order valence-electron chi connectivity index (χ3n) is 2.59. The van der Waals surface area contributed by atoms with E-state index in [0.717, 1.165) is 0 Å². The van der Waals surface area contributed by atoms with Crippen molar-refractivity contribution in [2.24, 2.45) is 0 Å². The third kappa shape index (κ3) is 5.24. The van der Waals surface area contributed by atoms with Gasteiger partial charge in [-0.05, 0) is 41.9 Å². The van der Waals surface area contributed by atoms with Crippen molar-refractivity contribution in [3.8, 4) is 11.5 Å². The van der Waals surface area contributed by atoms with Crippen LogP contribution in [0.15, 0.2) is 22.7 Å². The average molecular weight is 389 g/mol. The van der Waals surface area contributed by atoms with Gasteiger partial charge in [0.05, 0.1) is 24.8 Å². The standard InChI is InChI=1S/C15H17BrO7/c1-4-21-14(18)12(17)13(15(19)22-5-2)23-9-6-7-10(16)11(8-9)20-3/h6-8,13H,4-5H2,1-3H3. The predicted molar refractivity (Wildman–Crippen MR) is 83.4 cm³/mol. The molecule has 1 aromatic rings. The highest BCUT2D eigenvalue weighted by Crippen LogP contribution is 2.29. The van der Waals surface area contributed by atoms with E-state index in [9.17, 15) is 14.4 Å². The van der Waals surface area contributed by atoms with Gasteiger partial charge >= 0.3 is 11.9 Å². The molecule has 23 heavy (non-hydrogen) atoms. The Hall–Kier alpha value is -2.09. The Morgan fingerprint density at radius 3 is 2.35 bits per heavy atom. The van der Waals surface area contributed by atoms with E-state index in [1.54, 1.807) is 19.9 Å². The Labute approximate surface area is 142 Å². The van der Waals surface area contributed by atoms with Gasteiger partial charge in [0.1, 0.15) is 11.5 Å². The Balaban J connectivity index is 3.03. The molecule has 1 atom stereocenters. The van der Waals surface area contributed by atoms with Crippen molar-refractivity contribution in [2.45, 2.75) is 20.0 Å². The molecule has 0 aliphatic heterocycles. The van der Waals surface area contributed by atoms with Crippen LogP contribution in [0, 0.1) is 0 Å². The molecule has 0 saturated carbocycles. The summed E-state index contributed by atoms with van der Waals surface area (Å²) in [6.07, 6.45) is -1.74. The number of rotatable bonds is 8. The van der Waals surface area contributed by atoms with Crippen molar-refractivity contribution in [1.29, 1.82) is 0 Å². The maximum Gasteiger partial charge on any atom is 0.379 e. The maximum absolute atomic E-state index is 12.0. The Bertz CT molecular complexity index is 585. The van der Waals surface area contributed by atoms with Crippen LogP contribution >= 0.6 is 15.9 Å². The lowest BCUT2D eigenvalue weighted by Crippen LogP contribution is -2.42. The van der Waals surface area contributed by atoms with Gasteiger partial charge in [0.2, 0.25) is 0 Å². The summed E-state index contributed by atoms with van der Waals surface area (Å²) in [6, 6.07) is 4.59. The Morgan fingerprint density at radius 1 is 1.13 bits per heavy atom. The number of Topliss-reactive ketones (excluding diaryl/α,β-unsaturated/α-hetero) is 1. The summed E-state index contributed by atoms with van der Waals surface area (Å²) in [5.41, 5.74) is 0. The fourth-order valence-electron chi connectivity index (χ4n) is 1.59. The van der Waals surface area contributed by atoms with Crippen LogP contribution in [0.25, 0.3) is 0 Å². The van der Waals surface area contributed by atoms with E-state index in [1.165, 1.54) is 19.2 Å². The molecular weight excluding hydrogens is 372 g/mol. The number of hydrogen-bond donors (Lipinski definition) is 0. The zero-order valence-electron chi connectivity index (χ0n) is 13.0. The highest BCUT2D eigenvalue weighted by atomic mass is 79.9. The summed E-state index contributed by atoms with van der Waals surface area (Å²) in [4.78, 5) is 35.5. The topological polar surface area (TPSA) is 88.1 Å². The van der Waals surface area contributed by atoms with Gasteiger partial charge in [-0.25, -0.2) is 9.59 Å². The lowest BCUT2D eigenvalue weighted by atomic mass is 10.2. The number of esters is 2. The Morgan fingerprint density at radius 2 is 1.78 bits per heavy atom. The van der Waals surface area contributed by atoms with Crippen molar-refractivity contribution < 1.29 is 33.3 Å². The molecule has 1 unspecified atom stereocenters. The highest BCUT2D eigenvalue weighted by Gasteiger charge is 2.36. The SMILES string of the molecule is CCOC(=O)C(=O)C(Oc1ccc(Br)c(OC)c1)C(=O)OCC. The molecule has 0 aliphatic carbocycles. The molecule has 8 heteroatoms. The maximum atomic E-state index is 12.0. The van der Waals surface area contributed by atoms with Crippen LogP contribution in [-0.2, 0) is 23.9 Å². The predicted octanol–water partition coefficient (Wildman–Crippen LogP) is 1.90. The molecule has 0 aromatic heterocycles. The van der Waals surface area contributed by atoms with Crippen LogP contribution in [0.4, 0.5) is 0 Å². The van der Waals surface area contributed by atoms with Crippen molar-refractivity contribution in [3.05, 3.63) is 22.7 Å². The molecule has 0 heterocycles. The van der Waals surface area contributed by atoms with Crippen molar-refractivity contribution in [1.82, 2.24) is 0 Å². The molecule has 1 aromatic carbocycles. The van der Waals surface area contributed by atoms with Gasteiger partial charge in [0, 0.05) is 6.07 Å². The summed E-state index contributed by atoms with van der Waals surface area (Å²) in [5.74, 6) is -2.65. The van der Waals surface area contributed by atoms with Gasteiger partial charge < -0.3 is 18.9 Å². The first kappa shape index (κ1) is 19.0. The number of methoxy groups -OCH3 is 1. The van der Waals surface area contributed by atoms with Crippen LogP contribution in [0.3, 0.4) is 0 Å². The second-order valence-electron chi connectivity index (χ2n) is 4.13. The van der Waals surface area contributed by atoms with Gasteiger partial charge in [-0.3, -0.25) is 4.79 Å². The van der Waals surface area contributed by atoms with Crippen LogP contribution in [-0.4, -0.2) is 44.1 Å². The highest BCUT2D eigenvalue weighted by molar-refractivity contribution is 9.10. The largest absolute Gasteiger partial charge is 0.495 e. The number of halogens is 1. The first-order valence-corrected chi connectivity index (χ1v) is 7.61. The lowest BCUT2D eigenvalue weighted by molar-refractivity contribution is -0.164. The Kier molecular flexibility index (Phi) is 7.53. The molecule has 0 fully saturated rings. The molecule has 126 valence electrons. The minimum Gasteiger partial charge on any atom is -0.495 e. The third-order valence-corrected chi connectivity index (χ3v) is 3.25. The van der Waals surface area contributed by atoms with Crippen molar-refractivity contribution in [2.75, 3.05) is 20.3 Å². The normalized spacial score (nSPS) is 11.3. The van der Waals surface area contributed by atoms with Gasteiger partial charge in [-0.1, -0.05) is 0 Å². The minimum absolute atomic E-state index is 0.00618. The second kappa shape index (κ2) is 9.14. The molecule has 1 rings (SSSR count). The number of ketones is 1. The summed E-state index contributed by atoms with van der Waals surface area (Å²) in [5, 5.41) is 0. The quantitative estimate of drug-likeness (QED) is 0.381. The lowest BCUT2D eigenvalue weighted by Gasteiger charge is -2.16. The van der Waals surface area contributed by atoms with E-state index in [2.05, 4.69) is 20.7 Å². The molecule has 0 radical (unpaired) electrons. The smallest absolute Gasteiger partial charge is 0.379 e. The van der Waals surface area contributed by atoms with E-state index >= 15 is 0 Å². The van der Waals surface area contributed by atoms with Gasteiger partial charge in [-0.15, -0.1) is 0 Å². The summed E-state index contributed by atoms with van der Waals surface area (Å²) >= 11 is 3.27. The number of carbonyl (C=O) groups is 3. The van der Waals surface area contributed by atoms with Crippen molar-refractivity contribution >= 4 is 33.7 Å². The zero-order valence-corrected chi connectivity index (χ0v) is 14.5. The van der Waals surface area contributed by atoms with Gasteiger partial charge in [-0.2, -0.15) is 0 Å². The second-order valence-corrected chi connectivity index (χ2v) is 4.99. The average Bonchev–Trinajstić information content (AvgIpc) is 2.53. The van der Waals surface area contributed by atoms with Crippen LogP contribution < -0.4 is 9.47 Å². The molecular formula is C15H17BrO7.